The SMILES string of the molecule is Clc1ccc(Cn2ccc3c(OCc4ccccc4)cccc32)cc1Cl. The zero-order valence-electron chi connectivity index (χ0n) is 14.0. The summed E-state index contributed by atoms with van der Waals surface area (Å²) in [5.74, 6) is 0.888. The number of benzene rings is 3. The molecule has 0 amide bonds. The van der Waals surface area contributed by atoms with E-state index in [1.807, 2.05) is 48.5 Å². The molecule has 0 spiro atoms. The molecule has 0 saturated carbocycles. The van der Waals surface area contributed by atoms with Crippen LogP contribution in [0.5, 0.6) is 5.75 Å². The first kappa shape index (κ1) is 17.0. The number of hydrogen-bond donors (Lipinski definition) is 0. The average molecular weight is 382 g/mol. The number of hydrogen-bond acceptors (Lipinski definition) is 1. The lowest BCUT2D eigenvalue weighted by Crippen LogP contribution is -1.98. The molecule has 1 heterocycles. The maximum Gasteiger partial charge on any atom is 0.129 e. The lowest BCUT2D eigenvalue weighted by Gasteiger charge is -2.10. The van der Waals surface area contributed by atoms with Crippen molar-refractivity contribution in [3.05, 3.63) is 100 Å². The second kappa shape index (κ2) is 7.45. The van der Waals surface area contributed by atoms with E-state index in [-0.39, 0.29) is 0 Å². The van der Waals surface area contributed by atoms with Crippen molar-refractivity contribution in [2.75, 3.05) is 0 Å². The number of halogens is 2. The topological polar surface area (TPSA) is 14.2 Å². The van der Waals surface area contributed by atoms with Crippen molar-refractivity contribution in [2.45, 2.75) is 13.2 Å². The molecule has 0 unspecified atom stereocenters. The Kier molecular flexibility index (Phi) is 4.87. The standard InChI is InChI=1S/C22H17Cl2NO/c23-19-10-9-17(13-20(19)24)14-25-12-11-18-21(25)7-4-8-22(18)26-15-16-5-2-1-3-6-16/h1-13H,14-15H2. The van der Waals surface area contributed by atoms with Crippen LogP contribution in [-0.4, -0.2) is 4.57 Å². The Bertz CT molecular complexity index is 1040. The van der Waals surface area contributed by atoms with Crippen LogP contribution in [0.25, 0.3) is 10.9 Å². The van der Waals surface area contributed by atoms with E-state index >= 15 is 0 Å². The van der Waals surface area contributed by atoms with Gasteiger partial charge < -0.3 is 9.30 Å². The summed E-state index contributed by atoms with van der Waals surface area (Å²) in [7, 11) is 0. The highest BCUT2D eigenvalue weighted by atomic mass is 35.5. The average Bonchev–Trinajstić information content (AvgIpc) is 3.07. The van der Waals surface area contributed by atoms with E-state index < -0.39 is 0 Å². The van der Waals surface area contributed by atoms with Crippen LogP contribution in [-0.2, 0) is 13.2 Å². The summed E-state index contributed by atoms with van der Waals surface area (Å²) < 4.78 is 8.24. The van der Waals surface area contributed by atoms with Crippen molar-refractivity contribution >= 4 is 34.1 Å². The number of nitrogens with zero attached hydrogens (tertiary/aromatic N) is 1. The van der Waals surface area contributed by atoms with Gasteiger partial charge in [0.25, 0.3) is 0 Å². The zero-order chi connectivity index (χ0) is 17.9. The third-order valence-electron chi connectivity index (χ3n) is 4.35. The summed E-state index contributed by atoms with van der Waals surface area (Å²) in [4.78, 5) is 0. The van der Waals surface area contributed by atoms with Gasteiger partial charge in [0, 0.05) is 18.1 Å². The van der Waals surface area contributed by atoms with Gasteiger partial charge in [0.1, 0.15) is 12.4 Å². The molecule has 0 aliphatic heterocycles. The lowest BCUT2D eigenvalue weighted by molar-refractivity contribution is 0.310. The predicted octanol–water partition coefficient (Wildman–Crippen LogP) is 6.58. The van der Waals surface area contributed by atoms with Gasteiger partial charge in [-0.25, -0.2) is 0 Å². The van der Waals surface area contributed by atoms with Gasteiger partial charge in [-0.1, -0.05) is 65.7 Å². The van der Waals surface area contributed by atoms with Gasteiger partial charge in [0.2, 0.25) is 0 Å². The van der Waals surface area contributed by atoms with Crippen LogP contribution in [0.15, 0.2) is 79.0 Å². The van der Waals surface area contributed by atoms with Crippen molar-refractivity contribution < 1.29 is 4.74 Å². The summed E-state index contributed by atoms with van der Waals surface area (Å²) in [5, 5.41) is 2.25. The van der Waals surface area contributed by atoms with Crippen molar-refractivity contribution in [1.82, 2.24) is 4.57 Å². The first-order valence-electron chi connectivity index (χ1n) is 8.39. The number of ether oxygens (including phenoxy) is 1. The van der Waals surface area contributed by atoms with Gasteiger partial charge >= 0.3 is 0 Å². The van der Waals surface area contributed by atoms with Crippen molar-refractivity contribution in [3.8, 4) is 5.75 Å². The van der Waals surface area contributed by atoms with Crippen LogP contribution in [0.1, 0.15) is 11.1 Å². The minimum atomic E-state index is 0.553. The van der Waals surface area contributed by atoms with Crippen molar-refractivity contribution in [3.63, 3.8) is 0 Å². The molecule has 0 atom stereocenters. The van der Waals surface area contributed by atoms with Gasteiger partial charge in [-0.2, -0.15) is 0 Å². The number of rotatable bonds is 5. The summed E-state index contributed by atoms with van der Waals surface area (Å²) >= 11 is 12.1. The Morgan fingerprint density at radius 2 is 1.62 bits per heavy atom. The maximum absolute atomic E-state index is 6.14. The van der Waals surface area contributed by atoms with E-state index in [0.29, 0.717) is 16.7 Å². The van der Waals surface area contributed by atoms with Gasteiger partial charge in [-0.05, 0) is 41.5 Å². The Balaban J connectivity index is 1.59. The van der Waals surface area contributed by atoms with Crippen molar-refractivity contribution in [1.29, 1.82) is 0 Å². The minimum Gasteiger partial charge on any atom is -0.488 e. The lowest BCUT2D eigenvalue weighted by atomic mass is 10.2. The van der Waals surface area contributed by atoms with Gasteiger partial charge in [-0.3, -0.25) is 0 Å². The van der Waals surface area contributed by atoms with Crippen LogP contribution in [0.4, 0.5) is 0 Å². The summed E-state index contributed by atoms with van der Waals surface area (Å²) in [6.07, 6.45) is 2.07. The summed E-state index contributed by atoms with van der Waals surface area (Å²) in [5.41, 5.74) is 3.38. The fraction of sp³-hybridized carbons (Fsp3) is 0.0909. The summed E-state index contributed by atoms with van der Waals surface area (Å²) in [6, 6.07) is 24.1. The predicted molar refractivity (Wildman–Crippen MR) is 108 cm³/mol. The molecule has 0 aliphatic carbocycles. The molecular weight excluding hydrogens is 365 g/mol. The molecule has 0 N–H and O–H groups in total. The monoisotopic (exact) mass is 381 g/mol. The van der Waals surface area contributed by atoms with Crippen molar-refractivity contribution in [2.24, 2.45) is 0 Å². The molecule has 2 nitrogen and oxygen atoms in total. The second-order valence-electron chi connectivity index (χ2n) is 6.16. The third kappa shape index (κ3) is 3.57. The molecule has 26 heavy (non-hydrogen) atoms. The molecule has 0 aliphatic rings. The van der Waals surface area contributed by atoms with E-state index in [0.717, 1.165) is 34.3 Å². The van der Waals surface area contributed by atoms with E-state index in [4.69, 9.17) is 27.9 Å². The molecule has 0 bridgehead atoms. The fourth-order valence-corrected chi connectivity index (χ4v) is 3.35. The van der Waals surface area contributed by atoms with Gasteiger partial charge in [-0.15, -0.1) is 0 Å². The molecule has 4 heteroatoms. The maximum atomic E-state index is 6.14. The molecule has 3 aromatic carbocycles. The fourth-order valence-electron chi connectivity index (χ4n) is 3.03. The van der Waals surface area contributed by atoms with Crippen LogP contribution < -0.4 is 4.74 Å². The molecule has 0 radical (unpaired) electrons. The van der Waals surface area contributed by atoms with E-state index in [1.54, 1.807) is 0 Å². The molecule has 4 aromatic rings. The molecule has 0 fully saturated rings. The molecular formula is C22H17Cl2NO. The Morgan fingerprint density at radius 1 is 0.769 bits per heavy atom. The van der Waals surface area contributed by atoms with Gasteiger partial charge in [0.15, 0.2) is 0 Å². The minimum absolute atomic E-state index is 0.553. The van der Waals surface area contributed by atoms with Crippen LogP contribution in [0.3, 0.4) is 0 Å². The van der Waals surface area contributed by atoms with E-state index in [2.05, 4.69) is 35.0 Å². The Hall–Kier alpha value is -2.42. The highest BCUT2D eigenvalue weighted by Gasteiger charge is 2.08. The Labute approximate surface area is 162 Å². The Morgan fingerprint density at radius 3 is 2.42 bits per heavy atom. The normalized spacial score (nSPS) is 11.0. The van der Waals surface area contributed by atoms with E-state index in [9.17, 15) is 0 Å². The highest BCUT2D eigenvalue weighted by molar-refractivity contribution is 6.42. The third-order valence-corrected chi connectivity index (χ3v) is 5.09. The van der Waals surface area contributed by atoms with Gasteiger partial charge in [0.05, 0.1) is 15.6 Å². The van der Waals surface area contributed by atoms with Crippen LogP contribution in [0.2, 0.25) is 10.0 Å². The van der Waals surface area contributed by atoms with E-state index in [1.165, 1.54) is 0 Å². The first-order chi connectivity index (χ1) is 12.7. The zero-order valence-corrected chi connectivity index (χ0v) is 15.5. The van der Waals surface area contributed by atoms with Crippen LogP contribution in [0, 0.1) is 0 Å². The molecule has 1 aromatic heterocycles. The summed E-state index contributed by atoms with van der Waals surface area (Å²) in [6.45, 7) is 1.28. The second-order valence-corrected chi connectivity index (χ2v) is 6.97. The smallest absolute Gasteiger partial charge is 0.129 e. The molecule has 4 rings (SSSR count). The molecule has 130 valence electrons. The van der Waals surface area contributed by atoms with Crippen LogP contribution >= 0.6 is 23.2 Å². The first-order valence-corrected chi connectivity index (χ1v) is 9.15. The molecule has 0 saturated heterocycles. The quantitative estimate of drug-likeness (QED) is 0.381. The number of fused-ring (bicyclic) bond motifs is 1. The highest BCUT2D eigenvalue weighted by Crippen LogP contribution is 2.29. The number of aromatic nitrogens is 1. The largest absolute Gasteiger partial charge is 0.488 e.